The third-order valence-electron chi connectivity index (χ3n) is 16.4. The molecule has 0 aliphatic heterocycles. The van der Waals surface area contributed by atoms with Crippen molar-refractivity contribution in [3.05, 3.63) is 209 Å². The van der Waals surface area contributed by atoms with Gasteiger partial charge in [-0.05, 0) is 173 Å². The molecule has 4 aliphatic carbocycles. The summed E-state index contributed by atoms with van der Waals surface area (Å²) in [5, 5.41) is 22.0. The minimum absolute atomic E-state index is 0.00967. The number of nitrogens with zero attached hydrogens (tertiary/aromatic N) is 2. The summed E-state index contributed by atoms with van der Waals surface area (Å²) in [5.41, 5.74) is 14.9. The van der Waals surface area contributed by atoms with Gasteiger partial charge in [0.2, 0.25) is 20.0 Å². The number of hydrogen-bond acceptors (Lipinski definition) is 14. The second-order valence-electron chi connectivity index (χ2n) is 23.3. The van der Waals surface area contributed by atoms with Crippen molar-refractivity contribution in [3.8, 4) is 0 Å². The minimum Gasteiger partial charge on any atom is -0.356 e. The van der Waals surface area contributed by atoms with Crippen LogP contribution in [0.25, 0.3) is 0 Å². The van der Waals surface area contributed by atoms with Gasteiger partial charge in [0.25, 0.3) is 43.7 Å². The molecule has 4 aliphatic rings. The van der Waals surface area contributed by atoms with E-state index in [2.05, 4.69) is 87.3 Å². The number of sulfonamides is 4. The molecule has 0 unspecified atom stereocenters. The minimum atomic E-state index is -3.84. The van der Waals surface area contributed by atoms with E-state index in [0.717, 1.165) is 101 Å². The molecule has 12 rings (SSSR count). The average molecular weight is 1370 g/mol. The fourth-order valence-corrected chi connectivity index (χ4v) is 17.3. The van der Waals surface area contributed by atoms with Crippen LogP contribution in [-0.2, 0) is 72.8 Å². The predicted molar refractivity (Wildman–Crippen MR) is 354 cm³/mol. The molecule has 4 aromatic carbocycles. The van der Waals surface area contributed by atoms with Crippen molar-refractivity contribution >= 4 is 86.4 Å². The number of hydrogen-bond donors (Lipinski definition) is 8. The number of fused-ring (bicyclic) bond motifs is 4. The van der Waals surface area contributed by atoms with Crippen molar-refractivity contribution in [2.75, 3.05) is 21.1 Å². The molecule has 8 aromatic rings. The summed E-state index contributed by atoms with van der Waals surface area (Å²) in [7, 11) is -8.83. The summed E-state index contributed by atoms with van der Waals surface area (Å²) in [6, 6.07) is 35.0. The van der Waals surface area contributed by atoms with Crippen molar-refractivity contribution in [1.29, 1.82) is 0 Å². The molecule has 0 fully saturated rings. The van der Waals surface area contributed by atoms with E-state index >= 15 is 0 Å². The number of H-pyrrole nitrogens is 1. The lowest BCUT2D eigenvalue weighted by Gasteiger charge is -2.15. The Morgan fingerprint density at radius 1 is 0.500 bits per heavy atom. The highest BCUT2D eigenvalue weighted by molar-refractivity contribution is 7.92. The first-order valence-electron chi connectivity index (χ1n) is 29.4. The van der Waals surface area contributed by atoms with Gasteiger partial charge < -0.3 is 30.8 Å². The van der Waals surface area contributed by atoms with Gasteiger partial charge in [-0.25, -0.2) is 53.0 Å². The number of aromatic amines is 1. The lowest BCUT2D eigenvalue weighted by Crippen LogP contribution is -2.29. The molecule has 28 heteroatoms. The molecule has 4 amide bonds. The number of benzene rings is 4. The number of aromatic nitrogens is 2. The van der Waals surface area contributed by atoms with Crippen molar-refractivity contribution in [1.82, 2.24) is 39.8 Å². The van der Waals surface area contributed by atoms with Gasteiger partial charge in [0.05, 0.1) is 38.8 Å². The van der Waals surface area contributed by atoms with Crippen LogP contribution in [0, 0.1) is 27.7 Å². The maximum atomic E-state index is 12.5. The van der Waals surface area contributed by atoms with Crippen molar-refractivity contribution in [2.45, 2.75) is 122 Å². The van der Waals surface area contributed by atoms with E-state index in [-0.39, 0.29) is 77.5 Å². The third-order valence-corrected chi connectivity index (χ3v) is 24.7. The highest BCUT2D eigenvalue weighted by Gasteiger charge is 2.31. The molecule has 10 N–H and O–H groups in total. The molecule has 4 aromatic heterocycles. The molecule has 0 spiro atoms. The van der Waals surface area contributed by atoms with E-state index in [1.165, 1.54) is 114 Å². The first-order chi connectivity index (χ1) is 43.3. The van der Waals surface area contributed by atoms with Crippen LogP contribution >= 0.6 is 22.7 Å². The van der Waals surface area contributed by atoms with Crippen LogP contribution in [0.15, 0.2) is 140 Å². The van der Waals surface area contributed by atoms with Gasteiger partial charge >= 0.3 is 0 Å². The maximum absolute atomic E-state index is 12.5. The van der Waals surface area contributed by atoms with Crippen LogP contribution in [0.4, 0.5) is 0 Å². The smallest absolute Gasteiger partial charge is 0.268 e. The molecule has 488 valence electrons. The second-order valence-corrected chi connectivity index (χ2v) is 33.0. The number of primary sulfonamides is 2. The van der Waals surface area contributed by atoms with E-state index in [1.807, 2.05) is 44.2 Å². The van der Waals surface area contributed by atoms with Crippen LogP contribution in [0.1, 0.15) is 157 Å². The fourth-order valence-electron chi connectivity index (χ4n) is 11.6. The van der Waals surface area contributed by atoms with E-state index < -0.39 is 40.1 Å². The number of nitrogens with one attached hydrogen (secondary N) is 6. The van der Waals surface area contributed by atoms with Crippen molar-refractivity contribution in [3.63, 3.8) is 0 Å². The van der Waals surface area contributed by atoms with E-state index in [4.69, 9.17) is 10.3 Å². The molecule has 0 radical (unpaired) electrons. The van der Waals surface area contributed by atoms with Gasteiger partial charge in [-0.15, -0.1) is 22.7 Å². The van der Waals surface area contributed by atoms with Crippen LogP contribution in [0.3, 0.4) is 0 Å². The second kappa shape index (κ2) is 27.9. The summed E-state index contributed by atoms with van der Waals surface area (Å²) in [6.45, 7) is 8.21. The molecular formula is C64H74N10O12S6. The van der Waals surface area contributed by atoms with Gasteiger partial charge in [0, 0.05) is 27.3 Å². The van der Waals surface area contributed by atoms with E-state index in [9.17, 15) is 52.8 Å². The molecule has 0 bridgehead atoms. The molecule has 22 nitrogen and oxygen atoms in total. The summed E-state index contributed by atoms with van der Waals surface area (Å²) in [5.74, 6) is -1.10. The van der Waals surface area contributed by atoms with E-state index in [0.29, 0.717) is 9.75 Å². The standard InChI is InChI=1S/C17H20N2O3S2.C16H19N3O3S.C16H18N2O3S2.C15H17N3O3S/c1-11-4-6-13-12(10-11)5-7-14(13)18-17(20)15-8-9-16(23-15)24(21,22)19(2)3;1-10-3-5-12-11(9-10)4-6-13(12)18-16(20)14-7-8-15(19(14)2)23(17,21)22;1-10-3-5-12-11(9-10)4-6-13(12)18-16(19)14-7-8-15(22-14)23(20,21)17-2;1-9-2-4-12-10(6-9)3-5-13(12)18-15(19)14-7-11(8-17-14)22(16,20)21/h4,6,8-10,14H,5,7H2,1-3H3,(H,18,20);3,5,7-9,13H,4,6H2,1-2H3,(H,18,20)(H2,17,21,22);3,5,7-9,13,17H,4,6H2,1-2H3,(H,18,19);2,4,6-8,13,17H,3,5H2,1H3,(H,18,19)(H2,16,20,21)/t14-;3*13-/m1111/s1. The van der Waals surface area contributed by atoms with Gasteiger partial charge in [-0.1, -0.05) is 95.1 Å². The Bertz CT molecular complexity index is 4630. The van der Waals surface area contributed by atoms with Gasteiger partial charge in [-0.3, -0.25) is 19.2 Å². The number of aryl methyl sites for hydroxylation is 8. The Morgan fingerprint density at radius 2 is 0.880 bits per heavy atom. The Kier molecular flexibility index (Phi) is 20.8. The zero-order valence-electron chi connectivity index (χ0n) is 51.9. The summed E-state index contributed by atoms with van der Waals surface area (Å²) in [4.78, 5) is 52.9. The molecular weight excluding hydrogens is 1290 g/mol. The SMILES string of the molecule is CNS(=O)(=O)c1ccc(C(=O)N[C@@H]2CCc3cc(C)ccc32)s1.Cc1ccc2c(c1)CC[C@H]2NC(=O)c1cc(S(N)(=O)=O)c[nH]1.Cc1ccc2c(c1)CC[C@H]2NC(=O)c1ccc(S(=O)(=O)N(C)C)s1.Cc1ccc2c(c1)CC[C@H]2NC(=O)c1ccc(S(N)(=O)=O)n1C. The molecule has 4 heterocycles. The van der Waals surface area contributed by atoms with Crippen LogP contribution < -0.4 is 36.3 Å². The summed E-state index contributed by atoms with van der Waals surface area (Å²) in [6.07, 6.45) is 8.40. The third kappa shape index (κ3) is 15.9. The summed E-state index contributed by atoms with van der Waals surface area (Å²) < 4.78 is 98.1. The Morgan fingerprint density at radius 3 is 1.24 bits per heavy atom. The lowest BCUT2D eigenvalue weighted by atomic mass is 10.1. The predicted octanol–water partition coefficient (Wildman–Crippen LogP) is 7.89. The highest BCUT2D eigenvalue weighted by Crippen LogP contribution is 2.36. The van der Waals surface area contributed by atoms with Gasteiger partial charge in [-0.2, -0.15) is 0 Å². The van der Waals surface area contributed by atoms with Crippen LogP contribution in [0.5, 0.6) is 0 Å². The number of carbonyl (C=O) groups is 4. The van der Waals surface area contributed by atoms with Crippen LogP contribution in [0.2, 0.25) is 0 Å². The first-order valence-corrected chi connectivity index (χ1v) is 37.0. The number of nitrogens with two attached hydrogens (primary N) is 2. The zero-order chi connectivity index (χ0) is 66.8. The van der Waals surface area contributed by atoms with Gasteiger partial charge in [0.1, 0.15) is 19.8 Å². The van der Waals surface area contributed by atoms with Crippen molar-refractivity contribution < 1.29 is 52.8 Å². The zero-order valence-corrected chi connectivity index (χ0v) is 56.8. The molecule has 0 saturated heterocycles. The average Bonchev–Trinajstić information content (AvgIpc) is 1.80. The Labute approximate surface area is 544 Å². The number of carbonyl (C=O) groups excluding carboxylic acids is 4. The normalized spacial score (nSPS) is 17.1. The Hall–Kier alpha value is -7.64. The molecule has 4 atom stereocenters. The number of amides is 4. The quantitative estimate of drug-likeness (QED) is 0.0515. The van der Waals surface area contributed by atoms with Crippen LogP contribution in [-0.4, -0.2) is 92.3 Å². The number of rotatable bonds is 14. The first kappa shape index (κ1) is 68.7. The fraction of sp³-hybridized carbons (Fsp3) is 0.312. The van der Waals surface area contributed by atoms with Crippen molar-refractivity contribution in [2.24, 2.45) is 17.3 Å². The van der Waals surface area contributed by atoms with E-state index in [1.54, 1.807) is 12.1 Å². The highest BCUT2D eigenvalue weighted by atomic mass is 32.3. The monoisotopic (exact) mass is 1370 g/mol. The maximum Gasteiger partial charge on any atom is 0.268 e. The largest absolute Gasteiger partial charge is 0.356 e. The van der Waals surface area contributed by atoms with Gasteiger partial charge in [0.15, 0.2) is 5.03 Å². The molecule has 92 heavy (non-hydrogen) atoms. The summed E-state index contributed by atoms with van der Waals surface area (Å²) >= 11 is 1.98. The number of thiophene rings is 2. The topological polar surface area (TPSA) is 341 Å². The molecule has 0 saturated carbocycles. The Balaban J connectivity index is 0.000000145. The lowest BCUT2D eigenvalue weighted by molar-refractivity contribution is 0.0921.